The second-order valence-corrected chi connectivity index (χ2v) is 4.18. The number of Topliss-reactive ketones (excluding diaryl/α,β-unsaturated/α-hetero) is 1. The number of nitrogens with two attached hydrogens (primary N) is 1. The number of carbonyl (C=O) groups excluding carboxylic acids is 1. The molecule has 0 aromatic heterocycles. The summed E-state index contributed by atoms with van der Waals surface area (Å²) in [5.41, 5.74) is 6.36. The van der Waals surface area contributed by atoms with Crippen LogP contribution in [0.15, 0.2) is 30.3 Å². The molecule has 0 aliphatic heterocycles. The average Bonchev–Trinajstić information content (AvgIpc) is 2.35. The number of hydrogen-bond acceptors (Lipinski definition) is 2. The molecule has 0 radical (unpaired) electrons. The maximum absolute atomic E-state index is 11.8. The van der Waals surface area contributed by atoms with Gasteiger partial charge in [0.05, 0.1) is 0 Å². The van der Waals surface area contributed by atoms with E-state index in [4.69, 9.17) is 5.73 Å². The first-order chi connectivity index (χ1) is 7.77. The van der Waals surface area contributed by atoms with E-state index in [-0.39, 0.29) is 5.78 Å². The average molecular weight is 219 g/mol. The molecule has 1 aromatic rings. The summed E-state index contributed by atoms with van der Waals surface area (Å²) in [5, 5.41) is 0. The van der Waals surface area contributed by atoms with Crippen LogP contribution in [0.5, 0.6) is 0 Å². The van der Waals surface area contributed by atoms with Crippen LogP contribution in [0.3, 0.4) is 0 Å². The van der Waals surface area contributed by atoms with Crippen molar-refractivity contribution in [1.82, 2.24) is 0 Å². The molecule has 0 saturated carbocycles. The van der Waals surface area contributed by atoms with Gasteiger partial charge in [-0.05, 0) is 25.3 Å². The minimum atomic E-state index is 0.246. The molecule has 0 spiro atoms. The van der Waals surface area contributed by atoms with Gasteiger partial charge in [0.1, 0.15) is 0 Å². The minimum absolute atomic E-state index is 0.246. The van der Waals surface area contributed by atoms with Crippen LogP contribution in [0, 0.1) is 5.92 Å². The molecule has 0 aliphatic rings. The van der Waals surface area contributed by atoms with Crippen molar-refractivity contribution in [1.29, 1.82) is 0 Å². The summed E-state index contributed by atoms with van der Waals surface area (Å²) in [7, 11) is 0. The molecule has 0 amide bonds. The summed E-state index contributed by atoms with van der Waals surface area (Å²) in [4.78, 5) is 11.8. The molecule has 0 saturated heterocycles. The largest absolute Gasteiger partial charge is 0.330 e. The van der Waals surface area contributed by atoms with E-state index in [0.29, 0.717) is 12.3 Å². The zero-order valence-electron chi connectivity index (χ0n) is 9.99. The van der Waals surface area contributed by atoms with Gasteiger partial charge in [0.2, 0.25) is 0 Å². The van der Waals surface area contributed by atoms with Crippen LogP contribution < -0.4 is 5.73 Å². The van der Waals surface area contributed by atoms with Crippen molar-refractivity contribution in [2.75, 3.05) is 6.54 Å². The van der Waals surface area contributed by atoms with Gasteiger partial charge in [-0.3, -0.25) is 4.79 Å². The Morgan fingerprint density at radius 3 is 2.50 bits per heavy atom. The maximum atomic E-state index is 11.8. The first-order valence-electron chi connectivity index (χ1n) is 6.06. The topological polar surface area (TPSA) is 43.1 Å². The fourth-order valence-corrected chi connectivity index (χ4v) is 1.89. The van der Waals surface area contributed by atoms with Gasteiger partial charge in [-0.2, -0.15) is 0 Å². The number of rotatable bonds is 7. The number of benzene rings is 1. The van der Waals surface area contributed by atoms with Crippen molar-refractivity contribution in [2.24, 2.45) is 11.7 Å². The Kier molecular flexibility index (Phi) is 5.79. The second-order valence-electron chi connectivity index (χ2n) is 4.18. The van der Waals surface area contributed by atoms with Crippen molar-refractivity contribution in [3.05, 3.63) is 35.9 Å². The molecule has 0 fully saturated rings. The number of hydrogen-bond donors (Lipinski definition) is 1. The third kappa shape index (κ3) is 4.15. The van der Waals surface area contributed by atoms with Crippen molar-refractivity contribution < 1.29 is 4.79 Å². The Balaban J connectivity index is 2.40. The Bertz CT molecular complexity index is 308. The Morgan fingerprint density at radius 2 is 1.94 bits per heavy atom. The summed E-state index contributed by atoms with van der Waals surface area (Å²) in [6.07, 6.45) is 3.74. The van der Waals surface area contributed by atoms with Crippen molar-refractivity contribution in [3.8, 4) is 0 Å². The first kappa shape index (κ1) is 12.9. The van der Waals surface area contributed by atoms with Crippen LogP contribution in [-0.4, -0.2) is 12.3 Å². The van der Waals surface area contributed by atoms with E-state index >= 15 is 0 Å². The molecule has 0 heterocycles. The zero-order chi connectivity index (χ0) is 11.8. The standard InChI is InChI=1S/C14H21NO/c1-2-12(10-11-15)8-9-14(16)13-6-4-3-5-7-13/h3-7,12H,2,8-11,15H2,1H3. The summed E-state index contributed by atoms with van der Waals surface area (Å²) in [6, 6.07) is 9.51. The monoisotopic (exact) mass is 219 g/mol. The lowest BCUT2D eigenvalue weighted by atomic mass is 9.94. The highest BCUT2D eigenvalue weighted by molar-refractivity contribution is 5.95. The maximum Gasteiger partial charge on any atom is 0.162 e. The van der Waals surface area contributed by atoms with Gasteiger partial charge in [0.25, 0.3) is 0 Å². The van der Waals surface area contributed by atoms with Crippen LogP contribution in [0.4, 0.5) is 0 Å². The van der Waals surface area contributed by atoms with E-state index in [1.807, 2.05) is 30.3 Å². The highest BCUT2D eigenvalue weighted by Crippen LogP contribution is 2.16. The SMILES string of the molecule is CCC(CCN)CCC(=O)c1ccccc1. The van der Waals surface area contributed by atoms with Crippen molar-refractivity contribution in [3.63, 3.8) is 0 Å². The second kappa shape index (κ2) is 7.18. The molecular formula is C14H21NO. The quantitative estimate of drug-likeness (QED) is 0.716. The molecule has 2 nitrogen and oxygen atoms in total. The van der Waals surface area contributed by atoms with Gasteiger partial charge in [-0.25, -0.2) is 0 Å². The Labute approximate surface area is 97.9 Å². The molecule has 0 aliphatic carbocycles. The van der Waals surface area contributed by atoms with Crippen LogP contribution in [0.25, 0.3) is 0 Å². The molecule has 1 rings (SSSR count). The van der Waals surface area contributed by atoms with Crippen LogP contribution in [0.2, 0.25) is 0 Å². The molecule has 1 unspecified atom stereocenters. The van der Waals surface area contributed by atoms with Crippen LogP contribution >= 0.6 is 0 Å². The zero-order valence-corrected chi connectivity index (χ0v) is 9.99. The van der Waals surface area contributed by atoms with Gasteiger partial charge in [-0.1, -0.05) is 43.7 Å². The van der Waals surface area contributed by atoms with Crippen molar-refractivity contribution >= 4 is 5.78 Å². The minimum Gasteiger partial charge on any atom is -0.330 e. The normalized spacial score (nSPS) is 12.4. The molecule has 88 valence electrons. The fourth-order valence-electron chi connectivity index (χ4n) is 1.89. The molecule has 16 heavy (non-hydrogen) atoms. The molecule has 1 aromatic carbocycles. The molecular weight excluding hydrogens is 198 g/mol. The third-order valence-electron chi connectivity index (χ3n) is 3.03. The van der Waals surface area contributed by atoms with E-state index < -0.39 is 0 Å². The fraction of sp³-hybridized carbons (Fsp3) is 0.500. The molecule has 2 N–H and O–H groups in total. The number of carbonyl (C=O) groups is 1. The van der Waals surface area contributed by atoms with Gasteiger partial charge >= 0.3 is 0 Å². The Morgan fingerprint density at radius 1 is 1.25 bits per heavy atom. The third-order valence-corrected chi connectivity index (χ3v) is 3.03. The summed E-state index contributed by atoms with van der Waals surface area (Å²) in [6.45, 7) is 2.88. The van der Waals surface area contributed by atoms with E-state index in [2.05, 4.69) is 6.92 Å². The number of ketones is 1. The van der Waals surface area contributed by atoms with Gasteiger partial charge in [0.15, 0.2) is 5.78 Å². The lowest BCUT2D eigenvalue weighted by Gasteiger charge is -2.12. The molecule has 0 bridgehead atoms. The lowest BCUT2D eigenvalue weighted by Crippen LogP contribution is -2.10. The van der Waals surface area contributed by atoms with E-state index in [1.165, 1.54) is 0 Å². The highest BCUT2D eigenvalue weighted by Gasteiger charge is 2.10. The van der Waals surface area contributed by atoms with Crippen LogP contribution in [-0.2, 0) is 0 Å². The van der Waals surface area contributed by atoms with E-state index in [1.54, 1.807) is 0 Å². The van der Waals surface area contributed by atoms with Gasteiger partial charge in [-0.15, -0.1) is 0 Å². The van der Waals surface area contributed by atoms with Crippen LogP contribution in [0.1, 0.15) is 43.0 Å². The predicted molar refractivity (Wildman–Crippen MR) is 67.5 cm³/mol. The molecule has 1 atom stereocenters. The van der Waals surface area contributed by atoms with Gasteiger partial charge < -0.3 is 5.73 Å². The Hall–Kier alpha value is -1.15. The molecule has 2 heteroatoms. The summed E-state index contributed by atoms with van der Waals surface area (Å²) >= 11 is 0. The van der Waals surface area contributed by atoms with Gasteiger partial charge in [0, 0.05) is 12.0 Å². The first-order valence-corrected chi connectivity index (χ1v) is 6.06. The van der Waals surface area contributed by atoms with Crippen molar-refractivity contribution in [2.45, 2.75) is 32.6 Å². The highest BCUT2D eigenvalue weighted by atomic mass is 16.1. The lowest BCUT2D eigenvalue weighted by molar-refractivity contribution is 0.0972. The summed E-state index contributed by atoms with van der Waals surface area (Å²) in [5.74, 6) is 0.841. The van der Waals surface area contributed by atoms with E-state index in [9.17, 15) is 4.79 Å². The van der Waals surface area contributed by atoms with E-state index in [0.717, 1.165) is 31.4 Å². The predicted octanol–water partition coefficient (Wildman–Crippen LogP) is 3.02. The summed E-state index contributed by atoms with van der Waals surface area (Å²) < 4.78 is 0. The smallest absolute Gasteiger partial charge is 0.162 e.